The summed E-state index contributed by atoms with van der Waals surface area (Å²) >= 11 is 11.7. The highest BCUT2D eigenvalue weighted by atomic mass is 35.5. The SMILES string of the molecule is C[C@H]1CCCC[C@@H]1NC(=O)NC(=O)COC(=O)COc1ccc(Cl)cc1Cl. The van der Waals surface area contributed by atoms with Crippen molar-refractivity contribution in [2.24, 2.45) is 5.92 Å². The van der Waals surface area contributed by atoms with Crippen molar-refractivity contribution in [1.82, 2.24) is 10.6 Å². The Morgan fingerprint density at radius 2 is 1.89 bits per heavy atom. The minimum atomic E-state index is -0.766. The molecular weight excluding hydrogens is 395 g/mol. The van der Waals surface area contributed by atoms with Crippen molar-refractivity contribution < 1.29 is 23.9 Å². The number of nitrogens with one attached hydrogen (secondary N) is 2. The maximum Gasteiger partial charge on any atom is 0.344 e. The Balaban J connectivity index is 1.66. The van der Waals surface area contributed by atoms with E-state index >= 15 is 0 Å². The van der Waals surface area contributed by atoms with E-state index in [1.165, 1.54) is 12.1 Å². The predicted molar refractivity (Wildman–Crippen MR) is 101 cm³/mol. The molecule has 148 valence electrons. The fraction of sp³-hybridized carbons (Fsp3) is 0.500. The fourth-order valence-electron chi connectivity index (χ4n) is 2.81. The number of ether oxygens (including phenoxy) is 2. The normalized spacial score (nSPS) is 19.1. The van der Waals surface area contributed by atoms with Gasteiger partial charge < -0.3 is 14.8 Å². The van der Waals surface area contributed by atoms with Crippen LogP contribution in [0, 0.1) is 5.92 Å². The smallest absolute Gasteiger partial charge is 0.344 e. The second-order valence-electron chi connectivity index (χ2n) is 6.41. The van der Waals surface area contributed by atoms with Crippen molar-refractivity contribution >= 4 is 41.1 Å². The van der Waals surface area contributed by atoms with Crippen LogP contribution in [0.15, 0.2) is 18.2 Å². The zero-order valence-corrected chi connectivity index (χ0v) is 16.4. The third-order valence-corrected chi connectivity index (χ3v) is 4.82. The molecule has 0 saturated heterocycles. The molecular formula is C18H22Cl2N2O5. The number of hydrogen-bond donors (Lipinski definition) is 2. The van der Waals surface area contributed by atoms with E-state index in [4.69, 9.17) is 32.7 Å². The molecule has 2 N–H and O–H groups in total. The zero-order valence-electron chi connectivity index (χ0n) is 14.9. The lowest BCUT2D eigenvalue weighted by molar-refractivity contribution is -0.150. The molecule has 7 nitrogen and oxygen atoms in total. The molecule has 2 rings (SSSR count). The Kier molecular flexibility index (Phi) is 8.19. The van der Waals surface area contributed by atoms with E-state index in [9.17, 15) is 14.4 Å². The molecule has 27 heavy (non-hydrogen) atoms. The lowest BCUT2D eigenvalue weighted by Crippen LogP contribution is -2.48. The number of urea groups is 1. The molecule has 0 spiro atoms. The number of esters is 1. The van der Waals surface area contributed by atoms with Gasteiger partial charge in [0.15, 0.2) is 13.2 Å². The Hall–Kier alpha value is -1.99. The highest BCUT2D eigenvalue weighted by Crippen LogP contribution is 2.27. The van der Waals surface area contributed by atoms with Crippen LogP contribution in [-0.2, 0) is 14.3 Å². The molecule has 0 heterocycles. The quantitative estimate of drug-likeness (QED) is 0.693. The van der Waals surface area contributed by atoms with Gasteiger partial charge in [-0.2, -0.15) is 0 Å². The zero-order chi connectivity index (χ0) is 19.8. The first-order valence-corrected chi connectivity index (χ1v) is 9.44. The standard InChI is InChI=1S/C18H22Cl2N2O5/c1-11-4-2-3-5-14(11)21-18(25)22-16(23)9-27-17(24)10-26-15-7-6-12(19)8-13(15)20/h6-8,11,14H,2-5,9-10H2,1H3,(H2,21,22,23,25)/t11-,14-/m0/s1. The van der Waals surface area contributed by atoms with Gasteiger partial charge in [0.25, 0.3) is 5.91 Å². The van der Waals surface area contributed by atoms with Crippen molar-refractivity contribution in [2.75, 3.05) is 13.2 Å². The largest absolute Gasteiger partial charge is 0.480 e. The van der Waals surface area contributed by atoms with Gasteiger partial charge in [0.05, 0.1) is 5.02 Å². The predicted octanol–water partition coefficient (Wildman–Crippen LogP) is 3.32. The molecule has 0 unspecified atom stereocenters. The van der Waals surface area contributed by atoms with E-state index in [1.807, 2.05) is 0 Å². The van der Waals surface area contributed by atoms with E-state index < -0.39 is 31.1 Å². The van der Waals surface area contributed by atoms with E-state index in [1.54, 1.807) is 6.07 Å². The summed E-state index contributed by atoms with van der Waals surface area (Å²) in [6.45, 7) is 1.06. The molecule has 0 radical (unpaired) electrons. The molecule has 1 aromatic carbocycles. The minimum Gasteiger partial charge on any atom is -0.480 e. The molecule has 0 aromatic heterocycles. The van der Waals surface area contributed by atoms with Crippen LogP contribution in [0.25, 0.3) is 0 Å². The molecule has 0 bridgehead atoms. The summed E-state index contributed by atoms with van der Waals surface area (Å²) in [7, 11) is 0. The Bertz CT molecular complexity index is 698. The first-order valence-electron chi connectivity index (χ1n) is 8.69. The lowest BCUT2D eigenvalue weighted by atomic mass is 9.86. The van der Waals surface area contributed by atoms with Crippen LogP contribution in [0.1, 0.15) is 32.6 Å². The summed E-state index contributed by atoms with van der Waals surface area (Å²) in [6.07, 6.45) is 4.15. The summed E-state index contributed by atoms with van der Waals surface area (Å²) in [5.74, 6) is -0.843. The Labute approximate surface area is 167 Å². The molecule has 1 aromatic rings. The highest BCUT2D eigenvalue weighted by molar-refractivity contribution is 6.35. The van der Waals surface area contributed by atoms with Crippen molar-refractivity contribution in [3.8, 4) is 5.75 Å². The van der Waals surface area contributed by atoms with Crippen LogP contribution in [-0.4, -0.2) is 37.2 Å². The van der Waals surface area contributed by atoms with Gasteiger partial charge in [0.2, 0.25) is 0 Å². The van der Waals surface area contributed by atoms with Gasteiger partial charge in [-0.1, -0.05) is 43.0 Å². The van der Waals surface area contributed by atoms with Crippen LogP contribution in [0.3, 0.4) is 0 Å². The molecule has 1 fully saturated rings. The lowest BCUT2D eigenvalue weighted by Gasteiger charge is -2.29. The topological polar surface area (TPSA) is 93.7 Å². The van der Waals surface area contributed by atoms with E-state index in [0.717, 1.165) is 25.7 Å². The van der Waals surface area contributed by atoms with Crippen molar-refractivity contribution in [1.29, 1.82) is 0 Å². The minimum absolute atomic E-state index is 0.0478. The third-order valence-electron chi connectivity index (χ3n) is 4.28. The first-order chi connectivity index (χ1) is 12.8. The van der Waals surface area contributed by atoms with Crippen molar-refractivity contribution in [2.45, 2.75) is 38.6 Å². The Morgan fingerprint density at radius 1 is 1.15 bits per heavy atom. The van der Waals surface area contributed by atoms with E-state index in [2.05, 4.69) is 17.6 Å². The summed E-state index contributed by atoms with van der Waals surface area (Å²) in [5.41, 5.74) is 0. The molecule has 2 atom stereocenters. The first kappa shape index (κ1) is 21.3. The number of imide groups is 1. The van der Waals surface area contributed by atoms with Crippen LogP contribution in [0.5, 0.6) is 5.75 Å². The number of carbonyl (C=O) groups excluding carboxylic acids is 3. The molecule has 1 aliphatic rings. The van der Waals surface area contributed by atoms with E-state index in [0.29, 0.717) is 10.9 Å². The fourth-order valence-corrected chi connectivity index (χ4v) is 3.28. The van der Waals surface area contributed by atoms with Gasteiger partial charge in [-0.15, -0.1) is 0 Å². The molecule has 1 aliphatic carbocycles. The van der Waals surface area contributed by atoms with Gasteiger partial charge >= 0.3 is 12.0 Å². The maximum absolute atomic E-state index is 11.9. The van der Waals surface area contributed by atoms with Crippen molar-refractivity contribution in [3.05, 3.63) is 28.2 Å². The van der Waals surface area contributed by atoms with Crippen LogP contribution in [0.2, 0.25) is 10.0 Å². The maximum atomic E-state index is 11.9. The highest BCUT2D eigenvalue weighted by Gasteiger charge is 2.23. The summed E-state index contributed by atoms with van der Waals surface area (Å²) < 4.78 is 9.98. The van der Waals surface area contributed by atoms with Crippen molar-refractivity contribution in [3.63, 3.8) is 0 Å². The molecule has 0 aliphatic heterocycles. The number of rotatable bonds is 6. The summed E-state index contributed by atoms with van der Waals surface area (Å²) in [5, 5.41) is 5.62. The van der Waals surface area contributed by atoms with Gasteiger partial charge in [-0.25, -0.2) is 9.59 Å². The number of hydrogen-bond acceptors (Lipinski definition) is 5. The third kappa shape index (κ3) is 7.27. The van der Waals surface area contributed by atoms with Crippen LogP contribution in [0.4, 0.5) is 4.79 Å². The summed E-state index contributed by atoms with van der Waals surface area (Å²) in [6, 6.07) is 4.02. The van der Waals surface area contributed by atoms with Crippen LogP contribution < -0.4 is 15.4 Å². The average Bonchev–Trinajstić information content (AvgIpc) is 2.61. The van der Waals surface area contributed by atoms with Crippen LogP contribution >= 0.6 is 23.2 Å². The average molecular weight is 417 g/mol. The second kappa shape index (κ2) is 10.4. The van der Waals surface area contributed by atoms with Gasteiger partial charge in [-0.3, -0.25) is 10.1 Å². The number of amides is 3. The molecule has 1 saturated carbocycles. The second-order valence-corrected chi connectivity index (χ2v) is 7.26. The molecule has 3 amide bonds. The van der Waals surface area contributed by atoms with E-state index in [-0.39, 0.29) is 16.8 Å². The Morgan fingerprint density at radius 3 is 2.59 bits per heavy atom. The number of halogens is 2. The number of benzene rings is 1. The van der Waals surface area contributed by atoms with Gasteiger partial charge in [0, 0.05) is 11.1 Å². The van der Waals surface area contributed by atoms with Gasteiger partial charge in [-0.05, 0) is 37.0 Å². The monoisotopic (exact) mass is 416 g/mol. The summed E-state index contributed by atoms with van der Waals surface area (Å²) in [4.78, 5) is 35.2. The molecule has 9 heteroatoms. The number of carbonyl (C=O) groups is 3. The van der Waals surface area contributed by atoms with Gasteiger partial charge in [0.1, 0.15) is 5.75 Å².